The van der Waals surface area contributed by atoms with Crippen LogP contribution < -0.4 is 4.90 Å². The summed E-state index contributed by atoms with van der Waals surface area (Å²) in [5.74, 6) is 0.734. The maximum Gasteiger partial charge on any atom is 0.225 e. The van der Waals surface area contributed by atoms with Gasteiger partial charge in [0.25, 0.3) is 0 Å². The summed E-state index contributed by atoms with van der Waals surface area (Å²) >= 11 is 0. The third-order valence-electron chi connectivity index (χ3n) is 3.15. The number of hydrogen-bond donors (Lipinski definition) is 1. The van der Waals surface area contributed by atoms with E-state index in [1.54, 1.807) is 13.3 Å². The summed E-state index contributed by atoms with van der Waals surface area (Å²) in [6.07, 6.45) is 4.86. The van der Waals surface area contributed by atoms with Gasteiger partial charge in [0.05, 0.1) is 13.2 Å². The summed E-state index contributed by atoms with van der Waals surface area (Å²) in [6.45, 7) is 4.32. The number of aliphatic hydroxyl groups excluding tert-OH is 1. The Kier molecular flexibility index (Phi) is 4.28. The first kappa shape index (κ1) is 13.0. The number of aliphatic hydroxyl groups is 1. The lowest BCUT2D eigenvalue weighted by Gasteiger charge is -2.26. The van der Waals surface area contributed by atoms with Crippen molar-refractivity contribution in [2.24, 2.45) is 0 Å². The van der Waals surface area contributed by atoms with Crippen molar-refractivity contribution in [3.8, 4) is 0 Å². The van der Waals surface area contributed by atoms with Gasteiger partial charge in [-0.05, 0) is 18.9 Å². The third kappa shape index (κ3) is 2.86. The van der Waals surface area contributed by atoms with Gasteiger partial charge in [-0.25, -0.2) is 9.97 Å². The summed E-state index contributed by atoms with van der Waals surface area (Å²) in [5, 5.41) is 9.10. The molecule has 1 aliphatic heterocycles. The summed E-state index contributed by atoms with van der Waals surface area (Å²) in [6, 6.07) is 0. The van der Waals surface area contributed by atoms with Gasteiger partial charge in [0, 0.05) is 37.7 Å². The van der Waals surface area contributed by atoms with E-state index in [1.165, 1.54) is 5.57 Å². The Balaban J connectivity index is 2.07. The molecular weight excluding hydrogens is 230 g/mol. The van der Waals surface area contributed by atoms with Gasteiger partial charge in [-0.1, -0.05) is 6.08 Å². The zero-order valence-corrected chi connectivity index (χ0v) is 10.9. The average Bonchev–Trinajstić information content (AvgIpc) is 2.40. The van der Waals surface area contributed by atoms with Crippen molar-refractivity contribution < 1.29 is 9.84 Å². The molecule has 98 valence electrons. The highest BCUT2D eigenvalue weighted by Crippen LogP contribution is 2.17. The minimum atomic E-state index is -0.00992. The number of hydrogen-bond acceptors (Lipinski definition) is 5. The predicted molar refractivity (Wildman–Crippen MR) is 69.5 cm³/mol. The summed E-state index contributed by atoms with van der Waals surface area (Å²) in [4.78, 5) is 10.9. The van der Waals surface area contributed by atoms with Crippen LogP contribution in [0.1, 0.15) is 17.7 Å². The van der Waals surface area contributed by atoms with E-state index in [0.717, 1.165) is 36.7 Å². The van der Waals surface area contributed by atoms with Crippen molar-refractivity contribution in [1.29, 1.82) is 0 Å². The molecule has 0 aliphatic carbocycles. The molecule has 0 saturated carbocycles. The first-order valence-corrected chi connectivity index (χ1v) is 6.09. The van der Waals surface area contributed by atoms with Crippen molar-refractivity contribution in [1.82, 2.24) is 9.97 Å². The van der Waals surface area contributed by atoms with Crippen molar-refractivity contribution in [3.05, 3.63) is 29.1 Å². The van der Waals surface area contributed by atoms with E-state index in [1.807, 2.05) is 6.92 Å². The lowest BCUT2D eigenvalue weighted by molar-refractivity contribution is 0.222. The molecule has 0 bridgehead atoms. The quantitative estimate of drug-likeness (QED) is 0.809. The van der Waals surface area contributed by atoms with E-state index >= 15 is 0 Å². The monoisotopic (exact) mass is 249 g/mol. The second-order valence-electron chi connectivity index (χ2n) is 4.43. The fourth-order valence-electron chi connectivity index (χ4n) is 2.00. The highest BCUT2D eigenvalue weighted by molar-refractivity contribution is 5.36. The van der Waals surface area contributed by atoms with Crippen LogP contribution in [0.5, 0.6) is 0 Å². The molecule has 1 N–H and O–H groups in total. The predicted octanol–water partition coefficient (Wildman–Crippen LogP) is 1.06. The number of ether oxygens (including phenoxy) is 1. The molecule has 0 aromatic carbocycles. The molecule has 0 atom stereocenters. The zero-order chi connectivity index (χ0) is 13.0. The number of methoxy groups -OCH3 is 1. The van der Waals surface area contributed by atoms with Crippen LogP contribution in [0.25, 0.3) is 0 Å². The van der Waals surface area contributed by atoms with E-state index in [9.17, 15) is 0 Å². The zero-order valence-electron chi connectivity index (χ0n) is 10.9. The fourth-order valence-corrected chi connectivity index (χ4v) is 2.00. The molecule has 0 amide bonds. The van der Waals surface area contributed by atoms with Crippen LogP contribution in [0, 0.1) is 6.92 Å². The molecule has 5 heteroatoms. The lowest BCUT2D eigenvalue weighted by atomic mass is 10.1. The molecule has 1 aromatic rings. The number of rotatable bonds is 4. The van der Waals surface area contributed by atoms with E-state index in [-0.39, 0.29) is 6.61 Å². The van der Waals surface area contributed by atoms with E-state index in [0.29, 0.717) is 6.61 Å². The Hall–Kier alpha value is -1.46. The van der Waals surface area contributed by atoms with Crippen LogP contribution in [-0.4, -0.2) is 41.9 Å². The fraction of sp³-hybridized carbons (Fsp3) is 0.538. The standard InChI is InChI=1S/C13H19N3O2/c1-10-12(8-17)7-14-13(15-10)16-5-3-11(4-6-16)9-18-2/h3,7,17H,4-6,8-9H2,1-2H3. The molecule has 2 rings (SSSR count). The molecule has 2 heterocycles. The number of anilines is 1. The van der Waals surface area contributed by atoms with E-state index in [4.69, 9.17) is 9.84 Å². The molecule has 0 radical (unpaired) electrons. The minimum Gasteiger partial charge on any atom is -0.392 e. The van der Waals surface area contributed by atoms with Crippen LogP contribution in [-0.2, 0) is 11.3 Å². The molecule has 18 heavy (non-hydrogen) atoms. The summed E-state index contributed by atoms with van der Waals surface area (Å²) in [5.41, 5.74) is 2.96. The SMILES string of the molecule is COCC1=CCN(c2ncc(CO)c(C)n2)CC1. The van der Waals surface area contributed by atoms with Gasteiger partial charge >= 0.3 is 0 Å². The molecule has 0 spiro atoms. The van der Waals surface area contributed by atoms with Crippen LogP contribution in [0.3, 0.4) is 0 Å². The van der Waals surface area contributed by atoms with E-state index < -0.39 is 0 Å². The van der Waals surface area contributed by atoms with Crippen molar-refractivity contribution >= 4 is 5.95 Å². The third-order valence-corrected chi connectivity index (χ3v) is 3.15. The molecule has 0 saturated heterocycles. The first-order valence-electron chi connectivity index (χ1n) is 6.09. The Morgan fingerprint density at radius 2 is 2.33 bits per heavy atom. The smallest absolute Gasteiger partial charge is 0.225 e. The molecule has 5 nitrogen and oxygen atoms in total. The molecule has 1 aromatic heterocycles. The Morgan fingerprint density at radius 1 is 1.50 bits per heavy atom. The second kappa shape index (κ2) is 5.93. The van der Waals surface area contributed by atoms with Gasteiger partial charge in [0.2, 0.25) is 5.95 Å². The van der Waals surface area contributed by atoms with Gasteiger partial charge in [0.15, 0.2) is 0 Å². The van der Waals surface area contributed by atoms with E-state index in [2.05, 4.69) is 20.9 Å². The topological polar surface area (TPSA) is 58.5 Å². The Morgan fingerprint density at radius 3 is 2.89 bits per heavy atom. The first-order chi connectivity index (χ1) is 8.74. The maximum atomic E-state index is 9.10. The van der Waals surface area contributed by atoms with Gasteiger partial charge < -0.3 is 14.7 Å². The molecular formula is C13H19N3O2. The molecule has 0 unspecified atom stereocenters. The summed E-state index contributed by atoms with van der Waals surface area (Å²) < 4.78 is 5.13. The second-order valence-corrected chi connectivity index (χ2v) is 4.43. The lowest BCUT2D eigenvalue weighted by Crippen LogP contribution is -2.31. The van der Waals surface area contributed by atoms with Gasteiger partial charge in [0.1, 0.15) is 0 Å². The minimum absolute atomic E-state index is 0.00992. The Labute approximate surface area is 107 Å². The summed E-state index contributed by atoms with van der Waals surface area (Å²) in [7, 11) is 1.72. The van der Waals surface area contributed by atoms with Crippen LogP contribution in [0.15, 0.2) is 17.8 Å². The van der Waals surface area contributed by atoms with Crippen LogP contribution >= 0.6 is 0 Å². The molecule has 0 fully saturated rings. The van der Waals surface area contributed by atoms with Crippen LogP contribution in [0.2, 0.25) is 0 Å². The van der Waals surface area contributed by atoms with Crippen molar-refractivity contribution in [2.75, 3.05) is 31.7 Å². The van der Waals surface area contributed by atoms with Crippen molar-refractivity contribution in [3.63, 3.8) is 0 Å². The maximum absolute atomic E-state index is 9.10. The number of aryl methyl sites for hydroxylation is 1. The molecule has 1 aliphatic rings. The largest absolute Gasteiger partial charge is 0.392 e. The number of nitrogens with zero attached hydrogens (tertiary/aromatic N) is 3. The highest BCUT2D eigenvalue weighted by atomic mass is 16.5. The normalized spacial score (nSPS) is 15.7. The van der Waals surface area contributed by atoms with Gasteiger partial charge in [-0.15, -0.1) is 0 Å². The van der Waals surface area contributed by atoms with Crippen molar-refractivity contribution in [2.45, 2.75) is 20.0 Å². The number of aromatic nitrogens is 2. The average molecular weight is 249 g/mol. The van der Waals surface area contributed by atoms with Gasteiger partial charge in [-0.2, -0.15) is 0 Å². The Bertz CT molecular complexity index is 446. The van der Waals surface area contributed by atoms with Gasteiger partial charge in [-0.3, -0.25) is 0 Å². The van der Waals surface area contributed by atoms with Crippen LogP contribution in [0.4, 0.5) is 5.95 Å². The highest BCUT2D eigenvalue weighted by Gasteiger charge is 2.15.